The van der Waals surface area contributed by atoms with E-state index in [4.69, 9.17) is 29.1 Å². The lowest BCUT2D eigenvalue weighted by molar-refractivity contribution is -0.576. The van der Waals surface area contributed by atoms with Crippen molar-refractivity contribution in [3.8, 4) is 0 Å². The van der Waals surface area contributed by atoms with Crippen molar-refractivity contribution >= 4 is 17.8 Å². The molecule has 1 aliphatic carbocycles. The van der Waals surface area contributed by atoms with E-state index < -0.39 is 35.9 Å². The van der Waals surface area contributed by atoms with Gasteiger partial charge in [0.05, 0.1) is 6.42 Å². The molecule has 33 heavy (non-hydrogen) atoms. The zero-order valence-corrected chi connectivity index (χ0v) is 19.5. The van der Waals surface area contributed by atoms with Gasteiger partial charge in [0.15, 0.2) is 11.9 Å². The maximum atomic E-state index is 12.5. The molecule has 2 bridgehead atoms. The van der Waals surface area contributed by atoms with Crippen molar-refractivity contribution in [3.63, 3.8) is 0 Å². The number of esters is 1. The Balaban J connectivity index is 1.35. The first-order valence-corrected chi connectivity index (χ1v) is 12.0. The fourth-order valence-electron chi connectivity index (χ4n) is 5.97. The topological polar surface area (TPSA) is 130 Å². The lowest BCUT2D eigenvalue weighted by atomic mass is 9.58. The third kappa shape index (κ3) is 4.76. The first-order valence-electron chi connectivity index (χ1n) is 12.0. The number of hydrogen-bond donors (Lipinski definition) is 2. The molecule has 5 rings (SSSR count). The molecule has 0 aromatic carbocycles. The summed E-state index contributed by atoms with van der Waals surface area (Å²) in [5.74, 6) is -2.05. The maximum Gasteiger partial charge on any atom is 0.308 e. The number of hydrogen-bond acceptors (Lipinski definition) is 8. The van der Waals surface area contributed by atoms with Gasteiger partial charge >= 0.3 is 11.9 Å². The Hall–Kier alpha value is -1.75. The quantitative estimate of drug-likeness (QED) is 0.313. The van der Waals surface area contributed by atoms with Crippen LogP contribution >= 0.6 is 0 Å². The monoisotopic (exact) mass is 469 g/mol. The van der Waals surface area contributed by atoms with E-state index in [0.29, 0.717) is 18.8 Å². The molecular weight excluding hydrogens is 434 g/mol. The van der Waals surface area contributed by atoms with E-state index >= 15 is 0 Å². The van der Waals surface area contributed by atoms with Crippen molar-refractivity contribution in [2.24, 2.45) is 23.7 Å². The van der Waals surface area contributed by atoms with Crippen LogP contribution in [0.2, 0.25) is 0 Å². The number of amides is 1. The molecule has 1 spiro atoms. The molecule has 0 radical (unpaired) electrons. The second-order valence-electron chi connectivity index (χ2n) is 10.1. The molecule has 1 amide bonds. The summed E-state index contributed by atoms with van der Waals surface area (Å²) in [7, 11) is 0. The normalized spacial score (nSPS) is 41.5. The summed E-state index contributed by atoms with van der Waals surface area (Å²) in [6.45, 7) is 6.33. The number of carboxylic acids is 1. The van der Waals surface area contributed by atoms with Crippen LogP contribution in [0.15, 0.2) is 0 Å². The number of carbonyl (C=O) groups is 3. The van der Waals surface area contributed by atoms with E-state index in [9.17, 15) is 14.4 Å². The summed E-state index contributed by atoms with van der Waals surface area (Å²) in [6.07, 6.45) is 2.30. The first kappa shape index (κ1) is 24.4. The van der Waals surface area contributed by atoms with Gasteiger partial charge in [0.25, 0.3) is 0 Å². The molecule has 0 aromatic rings. The molecule has 0 unspecified atom stereocenters. The van der Waals surface area contributed by atoms with Crippen molar-refractivity contribution < 1.29 is 43.5 Å². The third-order valence-corrected chi connectivity index (χ3v) is 7.79. The van der Waals surface area contributed by atoms with Crippen LogP contribution in [-0.4, -0.2) is 53.5 Å². The largest absolute Gasteiger partial charge is 0.481 e. The Morgan fingerprint density at radius 3 is 2.61 bits per heavy atom. The van der Waals surface area contributed by atoms with Crippen LogP contribution in [0.3, 0.4) is 0 Å². The van der Waals surface area contributed by atoms with Crippen LogP contribution in [-0.2, 0) is 38.4 Å². The number of aliphatic carboxylic acids is 1. The predicted molar refractivity (Wildman–Crippen MR) is 112 cm³/mol. The number of rotatable bonds is 8. The minimum Gasteiger partial charge on any atom is -0.481 e. The van der Waals surface area contributed by atoms with Crippen LogP contribution in [0.25, 0.3) is 0 Å². The molecule has 4 heterocycles. The average Bonchev–Trinajstić information content (AvgIpc) is 2.99. The average molecular weight is 470 g/mol. The highest BCUT2D eigenvalue weighted by atomic mass is 17.3. The number of fused-ring (bicyclic) bond motifs is 2. The Kier molecular flexibility index (Phi) is 7.00. The molecule has 8 atom stereocenters. The van der Waals surface area contributed by atoms with Gasteiger partial charge in [-0.25, -0.2) is 9.78 Å². The van der Waals surface area contributed by atoms with Gasteiger partial charge in [0.2, 0.25) is 18.0 Å². The van der Waals surface area contributed by atoms with Crippen molar-refractivity contribution in [2.75, 3.05) is 6.54 Å². The van der Waals surface area contributed by atoms with Gasteiger partial charge in [0.1, 0.15) is 0 Å². The summed E-state index contributed by atoms with van der Waals surface area (Å²) >= 11 is 0. The SMILES string of the molecule is C[C@H]1[C@H](OC(=O)CCC(=O)NCCCC(=O)O)O[C@H]2O[C@]3(C)CC[C@H]4[C@H](C)CC[C@@H]1[C@@]24OO3. The Morgan fingerprint density at radius 2 is 1.85 bits per heavy atom. The van der Waals surface area contributed by atoms with E-state index in [1.165, 1.54) is 0 Å². The Labute approximate surface area is 193 Å². The molecule has 186 valence electrons. The molecule has 4 aliphatic heterocycles. The molecular formula is C23H35NO9. The van der Waals surface area contributed by atoms with Gasteiger partial charge in [-0.05, 0) is 44.4 Å². The van der Waals surface area contributed by atoms with Gasteiger partial charge < -0.3 is 24.6 Å². The van der Waals surface area contributed by atoms with Gasteiger partial charge in [-0.1, -0.05) is 13.8 Å². The zero-order valence-electron chi connectivity index (χ0n) is 19.5. The summed E-state index contributed by atoms with van der Waals surface area (Å²) < 4.78 is 18.1. The summed E-state index contributed by atoms with van der Waals surface area (Å²) in [6, 6.07) is 0. The van der Waals surface area contributed by atoms with E-state index in [1.54, 1.807) is 0 Å². The fourth-order valence-corrected chi connectivity index (χ4v) is 5.97. The van der Waals surface area contributed by atoms with Gasteiger partial charge in [-0.2, -0.15) is 0 Å². The van der Waals surface area contributed by atoms with Gasteiger partial charge in [0, 0.05) is 37.6 Å². The van der Waals surface area contributed by atoms with Crippen LogP contribution in [0.4, 0.5) is 0 Å². The summed E-state index contributed by atoms with van der Waals surface area (Å²) in [5, 5.41) is 11.2. The fraction of sp³-hybridized carbons (Fsp3) is 0.870. The van der Waals surface area contributed by atoms with Crippen LogP contribution in [0.1, 0.15) is 72.1 Å². The molecule has 2 N–H and O–H groups in total. The molecule has 10 nitrogen and oxygen atoms in total. The number of carbonyl (C=O) groups excluding carboxylic acids is 2. The predicted octanol–water partition coefficient (Wildman–Crippen LogP) is 2.50. The molecule has 5 aliphatic rings. The molecule has 1 saturated carbocycles. The number of nitrogens with one attached hydrogen (secondary N) is 1. The van der Waals surface area contributed by atoms with E-state index in [2.05, 4.69) is 12.2 Å². The molecule has 10 heteroatoms. The summed E-state index contributed by atoms with van der Waals surface area (Å²) in [4.78, 5) is 46.8. The second-order valence-corrected chi connectivity index (χ2v) is 10.1. The highest BCUT2D eigenvalue weighted by Gasteiger charge is 2.69. The highest BCUT2D eigenvalue weighted by molar-refractivity contribution is 5.81. The van der Waals surface area contributed by atoms with Crippen molar-refractivity contribution in [2.45, 2.75) is 96.1 Å². The Bertz CT molecular complexity index is 775. The molecule has 4 saturated heterocycles. The van der Waals surface area contributed by atoms with Gasteiger partial charge in [-0.15, -0.1) is 0 Å². The molecule has 5 fully saturated rings. The van der Waals surface area contributed by atoms with Crippen LogP contribution < -0.4 is 5.32 Å². The lowest BCUT2D eigenvalue weighted by Crippen LogP contribution is -2.70. The second kappa shape index (κ2) is 9.48. The Morgan fingerprint density at radius 1 is 1.06 bits per heavy atom. The first-order chi connectivity index (χ1) is 15.6. The van der Waals surface area contributed by atoms with E-state index in [1.807, 2.05) is 13.8 Å². The smallest absolute Gasteiger partial charge is 0.308 e. The summed E-state index contributed by atoms with van der Waals surface area (Å²) in [5.41, 5.74) is -0.716. The van der Waals surface area contributed by atoms with E-state index in [0.717, 1.165) is 19.3 Å². The van der Waals surface area contributed by atoms with Crippen LogP contribution in [0.5, 0.6) is 0 Å². The van der Waals surface area contributed by atoms with Crippen molar-refractivity contribution in [1.82, 2.24) is 5.32 Å². The molecule has 0 aromatic heterocycles. The minimum atomic E-state index is -0.910. The van der Waals surface area contributed by atoms with Crippen molar-refractivity contribution in [3.05, 3.63) is 0 Å². The number of carboxylic acid groups (broad SMARTS) is 1. The lowest BCUT2D eigenvalue weighted by Gasteiger charge is -2.59. The number of ether oxygens (including phenoxy) is 3. The van der Waals surface area contributed by atoms with Gasteiger partial charge in [-0.3, -0.25) is 14.4 Å². The minimum absolute atomic E-state index is 0.0153. The highest BCUT2D eigenvalue weighted by Crippen LogP contribution is 2.60. The third-order valence-electron chi connectivity index (χ3n) is 7.79. The van der Waals surface area contributed by atoms with Crippen molar-refractivity contribution in [1.29, 1.82) is 0 Å². The standard InChI is InChI=1S/C23H35NO9/c1-13-6-7-16-14(2)20(29-19(28)9-8-17(25)24-12-4-5-18(26)27)30-21-23(16)15(13)10-11-22(3,31-21)32-33-23/h13-16,20-21H,4-12H2,1-3H3,(H,24,25)(H,26,27)/t13-,14-,15+,16+,20-,21+,22+,23-/m1/s1. The van der Waals surface area contributed by atoms with Crippen LogP contribution in [0, 0.1) is 23.7 Å². The van der Waals surface area contributed by atoms with E-state index in [-0.39, 0.29) is 49.5 Å². The maximum absolute atomic E-state index is 12.5. The zero-order chi connectivity index (χ0) is 23.8.